The lowest BCUT2D eigenvalue weighted by atomic mass is 9.90. The van der Waals surface area contributed by atoms with Crippen molar-refractivity contribution < 1.29 is 9.47 Å². The minimum absolute atomic E-state index is 0.405. The fourth-order valence-electron chi connectivity index (χ4n) is 4.60. The molecule has 2 radical (unpaired) electrons. The van der Waals surface area contributed by atoms with Crippen molar-refractivity contribution in [3.8, 4) is 0 Å². The van der Waals surface area contributed by atoms with Crippen molar-refractivity contribution in [1.29, 1.82) is 0 Å². The maximum absolute atomic E-state index is 5.89. The maximum atomic E-state index is 5.89. The van der Waals surface area contributed by atoms with Gasteiger partial charge >= 0.3 is 0 Å². The summed E-state index contributed by atoms with van der Waals surface area (Å²) in [4.78, 5) is 2.74. The standard InChI is InChI=1S/C22H31NO2Si/c1-22(2)24-14-17(15-25-22)12-18-13-23-11-7-6-10-21(23)20(18)16-26-19-8-4-3-5-9-19/h3-5,8-9,12,17,20-21H,6-7,10-11,13-16H2,1-2H3/b18-12-/t20-,21+/m0/s1. The molecule has 4 heteroatoms. The molecular weight excluding hydrogens is 338 g/mol. The molecule has 4 rings (SSSR count). The second kappa shape index (κ2) is 7.97. The fraction of sp³-hybridized carbons (Fsp3) is 0.636. The van der Waals surface area contributed by atoms with Crippen LogP contribution in [-0.4, -0.2) is 52.6 Å². The van der Waals surface area contributed by atoms with E-state index in [-0.39, 0.29) is 0 Å². The molecule has 0 unspecified atom stereocenters. The molecule has 0 N–H and O–H groups in total. The predicted molar refractivity (Wildman–Crippen MR) is 107 cm³/mol. The van der Waals surface area contributed by atoms with Crippen LogP contribution in [-0.2, 0) is 9.47 Å². The zero-order chi connectivity index (χ0) is 18.0. The van der Waals surface area contributed by atoms with Gasteiger partial charge < -0.3 is 9.47 Å². The second-order valence-electron chi connectivity index (χ2n) is 8.41. The van der Waals surface area contributed by atoms with Gasteiger partial charge in [-0.15, -0.1) is 0 Å². The van der Waals surface area contributed by atoms with Crippen LogP contribution in [0.3, 0.4) is 0 Å². The Labute approximate surface area is 160 Å². The zero-order valence-corrected chi connectivity index (χ0v) is 17.1. The third-order valence-corrected chi connectivity index (χ3v) is 7.42. The molecule has 0 saturated carbocycles. The summed E-state index contributed by atoms with van der Waals surface area (Å²) < 4.78 is 11.8. The highest BCUT2D eigenvalue weighted by Crippen LogP contribution is 2.38. The van der Waals surface area contributed by atoms with Crippen molar-refractivity contribution in [2.24, 2.45) is 11.8 Å². The Kier molecular flexibility index (Phi) is 5.65. The molecule has 1 aromatic carbocycles. The first-order valence-corrected chi connectivity index (χ1v) is 11.3. The molecule has 140 valence electrons. The Morgan fingerprint density at radius 3 is 2.69 bits per heavy atom. The van der Waals surface area contributed by atoms with Crippen LogP contribution in [0.15, 0.2) is 42.0 Å². The van der Waals surface area contributed by atoms with Gasteiger partial charge in [0.2, 0.25) is 0 Å². The van der Waals surface area contributed by atoms with Crippen molar-refractivity contribution in [3.63, 3.8) is 0 Å². The van der Waals surface area contributed by atoms with Crippen LogP contribution in [0.5, 0.6) is 0 Å². The van der Waals surface area contributed by atoms with Crippen LogP contribution in [0.4, 0.5) is 0 Å². The van der Waals surface area contributed by atoms with Crippen molar-refractivity contribution in [2.75, 3.05) is 26.3 Å². The van der Waals surface area contributed by atoms with Crippen molar-refractivity contribution in [2.45, 2.75) is 51.0 Å². The normalized spacial score (nSPS) is 31.2. The molecule has 3 heterocycles. The highest BCUT2D eigenvalue weighted by atomic mass is 28.2. The average Bonchev–Trinajstić information content (AvgIpc) is 3.00. The summed E-state index contributed by atoms with van der Waals surface area (Å²) in [6.45, 7) is 8.03. The third kappa shape index (κ3) is 4.30. The number of hydrogen-bond acceptors (Lipinski definition) is 3. The smallest absolute Gasteiger partial charge is 0.162 e. The van der Waals surface area contributed by atoms with Crippen molar-refractivity contribution in [1.82, 2.24) is 4.90 Å². The molecule has 26 heavy (non-hydrogen) atoms. The van der Waals surface area contributed by atoms with Crippen LogP contribution < -0.4 is 5.19 Å². The van der Waals surface area contributed by atoms with E-state index in [1.165, 1.54) is 37.0 Å². The number of rotatable bonds is 4. The monoisotopic (exact) mass is 369 g/mol. The number of benzene rings is 1. The van der Waals surface area contributed by atoms with Gasteiger partial charge in [-0.05, 0) is 45.2 Å². The lowest BCUT2D eigenvalue weighted by Gasteiger charge is -2.34. The van der Waals surface area contributed by atoms with Gasteiger partial charge in [0.1, 0.15) is 0 Å². The van der Waals surface area contributed by atoms with Gasteiger partial charge in [0.05, 0.1) is 22.7 Å². The van der Waals surface area contributed by atoms with Gasteiger partial charge in [0.15, 0.2) is 5.79 Å². The van der Waals surface area contributed by atoms with E-state index in [0.29, 0.717) is 11.8 Å². The Bertz CT molecular complexity index is 620. The Hall–Kier alpha value is -0.943. The van der Waals surface area contributed by atoms with E-state index >= 15 is 0 Å². The molecule has 3 saturated heterocycles. The summed E-state index contributed by atoms with van der Waals surface area (Å²) in [5.41, 5.74) is 1.65. The Morgan fingerprint density at radius 1 is 1.15 bits per heavy atom. The van der Waals surface area contributed by atoms with Gasteiger partial charge in [0, 0.05) is 18.5 Å². The molecule has 0 bridgehead atoms. The molecule has 0 aliphatic carbocycles. The molecule has 1 aromatic rings. The quantitative estimate of drug-likeness (QED) is 0.601. The van der Waals surface area contributed by atoms with Crippen LogP contribution in [0, 0.1) is 11.8 Å². The third-order valence-electron chi connectivity index (χ3n) is 6.03. The minimum Gasteiger partial charge on any atom is -0.350 e. The Morgan fingerprint density at radius 2 is 1.92 bits per heavy atom. The molecule has 3 aliphatic rings. The largest absolute Gasteiger partial charge is 0.350 e. The van der Waals surface area contributed by atoms with Crippen LogP contribution >= 0.6 is 0 Å². The number of fused-ring (bicyclic) bond motifs is 1. The second-order valence-corrected chi connectivity index (χ2v) is 9.75. The number of nitrogens with zero attached hydrogens (tertiary/aromatic N) is 1. The first kappa shape index (κ1) is 18.4. The molecule has 0 aromatic heterocycles. The SMILES string of the molecule is CC1(C)OCC(/C=C2/CN3CCCC[C@@H]3[C@H]2C[Si]c2ccccc2)CO1. The molecule has 2 atom stereocenters. The lowest BCUT2D eigenvalue weighted by molar-refractivity contribution is -0.256. The van der Waals surface area contributed by atoms with Crippen LogP contribution in [0.25, 0.3) is 0 Å². The molecule has 3 aliphatic heterocycles. The van der Waals surface area contributed by atoms with E-state index < -0.39 is 5.79 Å². The summed E-state index contributed by atoms with van der Waals surface area (Å²) >= 11 is 0. The topological polar surface area (TPSA) is 21.7 Å². The van der Waals surface area contributed by atoms with Gasteiger partial charge in [-0.2, -0.15) is 0 Å². The van der Waals surface area contributed by atoms with Gasteiger partial charge in [0.25, 0.3) is 0 Å². The van der Waals surface area contributed by atoms with E-state index in [1.807, 2.05) is 13.8 Å². The van der Waals surface area contributed by atoms with Gasteiger partial charge in [-0.25, -0.2) is 0 Å². The van der Waals surface area contributed by atoms with E-state index in [4.69, 9.17) is 9.47 Å². The van der Waals surface area contributed by atoms with E-state index in [1.54, 1.807) is 5.57 Å². The molecule has 3 fully saturated rings. The minimum atomic E-state index is -0.420. The summed E-state index contributed by atoms with van der Waals surface area (Å²) in [6.07, 6.45) is 6.63. The van der Waals surface area contributed by atoms with E-state index in [9.17, 15) is 0 Å². The Balaban J connectivity index is 1.47. The fourth-order valence-corrected chi connectivity index (χ4v) is 6.02. The molecular formula is C22H31NO2Si. The lowest BCUT2D eigenvalue weighted by Crippen LogP contribution is -2.38. The highest BCUT2D eigenvalue weighted by molar-refractivity contribution is 6.53. The van der Waals surface area contributed by atoms with Crippen LogP contribution in [0.2, 0.25) is 6.04 Å². The predicted octanol–water partition coefficient (Wildman–Crippen LogP) is 3.24. The number of hydrogen-bond donors (Lipinski definition) is 0. The zero-order valence-electron chi connectivity index (χ0n) is 16.1. The first-order valence-electron chi connectivity index (χ1n) is 10.1. The summed E-state index contributed by atoms with van der Waals surface area (Å²) in [5.74, 6) is 0.696. The average molecular weight is 370 g/mol. The number of piperidine rings is 1. The van der Waals surface area contributed by atoms with Crippen molar-refractivity contribution in [3.05, 3.63) is 42.0 Å². The van der Waals surface area contributed by atoms with E-state index in [0.717, 1.165) is 35.3 Å². The molecule has 0 amide bonds. The van der Waals surface area contributed by atoms with Crippen molar-refractivity contribution >= 4 is 14.7 Å². The van der Waals surface area contributed by atoms with E-state index in [2.05, 4.69) is 41.3 Å². The summed E-state index contributed by atoms with van der Waals surface area (Å²) in [6, 6.07) is 13.0. The van der Waals surface area contributed by atoms with Gasteiger partial charge in [-0.3, -0.25) is 4.90 Å². The summed E-state index contributed by atoms with van der Waals surface area (Å²) in [5, 5.41) is 1.49. The maximum Gasteiger partial charge on any atom is 0.162 e. The first-order chi connectivity index (χ1) is 12.6. The van der Waals surface area contributed by atoms with Gasteiger partial charge in [-0.1, -0.05) is 53.6 Å². The van der Waals surface area contributed by atoms with Crippen LogP contribution in [0.1, 0.15) is 33.1 Å². The molecule has 0 spiro atoms. The number of ether oxygens (including phenoxy) is 2. The highest BCUT2D eigenvalue weighted by Gasteiger charge is 2.39. The summed E-state index contributed by atoms with van der Waals surface area (Å²) in [7, 11) is 0.902. The molecule has 3 nitrogen and oxygen atoms in total.